The zero-order chi connectivity index (χ0) is 12.3. The van der Waals surface area contributed by atoms with E-state index in [2.05, 4.69) is 13.8 Å². The Bertz CT molecular complexity index is 381. The molecule has 0 bridgehead atoms. The van der Waals surface area contributed by atoms with Crippen LogP contribution < -0.4 is 0 Å². The zero-order valence-corrected chi connectivity index (χ0v) is 10.6. The topological polar surface area (TPSA) is 26.3 Å². The Balaban J connectivity index is 1.82. The first-order valence-electron chi connectivity index (χ1n) is 6.33. The van der Waals surface area contributed by atoms with Gasteiger partial charge >= 0.3 is 0 Å². The number of hydrogen-bond acceptors (Lipinski definition) is 2. The normalized spacial score (nSPS) is 22.6. The van der Waals surface area contributed by atoms with Gasteiger partial charge in [0.2, 0.25) is 0 Å². The quantitative estimate of drug-likeness (QED) is 0.741. The van der Waals surface area contributed by atoms with Crippen molar-refractivity contribution in [1.29, 1.82) is 0 Å². The number of ether oxygens (including phenoxy) is 1. The van der Waals surface area contributed by atoms with Crippen LogP contribution in [0.3, 0.4) is 0 Å². The molecule has 17 heavy (non-hydrogen) atoms. The standard InChI is InChI=1S/C15H20O2/c1-15(2)11-10-13(17-15)8-9-14(16)12-6-4-3-5-7-12/h3-7,13H,8-11H2,1-2H3. The fourth-order valence-corrected chi connectivity index (χ4v) is 2.34. The van der Waals surface area contributed by atoms with E-state index in [9.17, 15) is 4.79 Å². The highest BCUT2D eigenvalue weighted by atomic mass is 16.5. The van der Waals surface area contributed by atoms with Crippen molar-refractivity contribution in [3.63, 3.8) is 0 Å². The molecule has 0 radical (unpaired) electrons. The van der Waals surface area contributed by atoms with Gasteiger partial charge in [0.05, 0.1) is 11.7 Å². The lowest BCUT2D eigenvalue weighted by molar-refractivity contribution is -0.0184. The summed E-state index contributed by atoms with van der Waals surface area (Å²) in [6.45, 7) is 4.23. The second-order valence-corrected chi connectivity index (χ2v) is 5.37. The fraction of sp³-hybridized carbons (Fsp3) is 0.533. The van der Waals surface area contributed by atoms with Gasteiger partial charge in [-0.25, -0.2) is 0 Å². The lowest BCUT2D eigenvalue weighted by atomic mass is 10.0. The molecule has 0 N–H and O–H groups in total. The molecule has 1 aromatic rings. The van der Waals surface area contributed by atoms with E-state index in [1.54, 1.807) is 0 Å². The summed E-state index contributed by atoms with van der Waals surface area (Å²) in [5.41, 5.74) is 0.810. The van der Waals surface area contributed by atoms with E-state index in [4.69, 9.17) is 4.74 Å². The van der Waals surface area contributed by atoms with Crippen molar-refractivity contribution < 1.29 is 9.53 Å². The average molecular weight is 232 g/mol. The zero-order valence-electron chi connectivity index (χ0n) is 10.6. The second kappa shape index (κ2) is 5.01. The van der Waals surface area contributed by atoms with Crippen LogP contribution in [-0.4, -0.2) is 17.5 Å². The minimum atomic E-state index is 0.000458. The molecule has 92 valence electrons. The number of carbonyl (C=O) groups is 1. The SMILES string of the molecule is CC1(C)CCC(CCC(=O)c2ccccc2)O1. The van der Waals surface area contributed by atoms with Gasteiger partial charge in [-0.05, 0) is 33.1 Å². The number of rotatable bonds is 4. The largest absolute Gasteiger partial charge is 0.372 e. The van der Waals surface area contributed by atoms with E-state index in [1.807, 2.05) is 30.3 Å². The molecule has 1 atom stereocenters. The number of benzene rings is 1. The van der Waals surface area contributed by atoms with Gasteiger partial charge in [0.1, 0.15) is 0 Å². The van der Waals surface area contributed by atoms with Crippen molar-refractivity contribution in [2.75, 3.05) is 0 Å². The van der Waals surface area contributed by atoms with E-state index in [1.165, 1.54) is 0 Å². The molecule has 1 unspecified atom stereocenters. The van der Waals surface area contributed by atoms with Crippen molar-refractivity contribution >= 4 is 5.78 Å². The van der Waals surface area contributed by atoms with Crippen LogP contribution in [0.15, 0.2) is 30.3 Å². The molecule has 0 aliphatic carbocycles. The molecular weight excluding hydrogens is 212 g/mol. The molecule has 1 aliphatic heterocycles. The molecule has 1 fully saturated rings. The Morgan fingerprint density at radius 3 is 2.65 bits per heavy atom. The van der Waals surface area contributed by atoms with Crippen molar-refractivity contribution in [2.24, 2.45) is 0 Å². The van der Waals surface area contributed by atoms with Crippen LogP contribution in [0.25, 0.3) is 0 Å². The van der Waals surface area contributed by atoms with Gasteiger partial charge in [-0.3, -0.25) is 4.79 Å². The molecule has 0 amide bonds. The summed E-state index contributed by atoms with van der Waals surface area (Å²) in [6, 6.07) is 9.49. The van der Waals surface area contributed by atoms with Gasteiger partial charge in [-0.15, -0.1) is 0 Å². The van der Waals surface area contributed by atoms with Crippen molar-refractivity contribution in [3.8, 4) is 0 Å². The third kappa shape index (κ3) is 3.40. The molecule has 0 spiro atoms. The van der Waals surface area contributed by atoms with E-state index >= 15 is 0 Å². The second-order valence-electron chi connectivity index (χ2n) is 5.37. The maximum absolute atomic E-state index is 11.9. The molecule has 1 heterocycles. The Labute approximate surface area is 103 Å². The lowest BCUT2D eigenvalue weighted by Gasteiger charge is -2.18. The summed E-state index contributed by atoms with van der Waals surface area (Å²) in [5, 5.41) is 0. The number of hydrogen-bond donors (Lipinski definition) is 0. The van der Waals surface area contributed by atoms with E-state index in [0.29, 0.717) is 6.42 Å². The minimum Gasteiger partial charge on any atom is -0.372 e. The third-order valence-corrected chi connectivity index (χ3v) is 3.34. The molecular formula is C15H20O2. The summed E-state index contributed by atoms with van der Waals surface area (Å²) in [5.74, 6) is 0.221. The van der Waals surface area contributed by atoms with Crippen molar-refractivity contribution in [1.82, 2.24) is 0 Å². The highest BCUT2D eigenvalue weighted by Gasteiger charge is 2.31. The molecule has 1 saturated heterocycles. The van der Waals surface area contributed by atoms with Gasteiger partial charge in [0, 0.05) is 12.0 Å². The predicted octanol–water partition coefficient (Wildman–Crippen LogP) is 3.61. The Hall–Kier alpha value is -1.15. The summed E-state index contributed by atoms with van der Waals surface area (Å²) < 4.78 is 5.88. The van der Waals surface area contributed by atoms with E-state index < -0.39 is 0 Å². The summed E-state index contributed by atoms with van der Waals surface area (Å²) in [6.07, 6.45) is 3.87. The smallest absolute Gasteiger partial charge is 0.162 e. The summed E-state index contributed by atoms with van der Waals surface area (Å²) in [7, 11) is 0. The van der Waals surface area contributed by atoms with E-state index in [-0.39, 0.29) is 17.5 Å². The van der Waals surface area contributed by atoms with Crippen LogP contribution in [-0.2, 0) is 4.74 Å². The average Bonchev–Trinajstić information content (AvgIpc) is 2.67. The highest BCUT2D eigenvalue weighted by Crippen LogP contribution is 2.31. The van der Waals surface area contributed by atoms with Crippen LogP contribution in [0, 0.1) is 0 Å². The lowest BCUT2D eigenvalue weighted by Crippen LogP contribution is -2.20. The fourth-order valence-electron chi connectivity index (χ4n) is 2.34. The molecule has 2 nitrogen and oxygen atoms in total. The Morgan fingerprint density at radius 1 is 1.35 bits per heavy atom. The Morgan fingerprint density at radius 2 is 2.06 bits per heavy atom. The number of Topliss-reactive ketones (excluding diaryl/α,β-unsaturated/α-hetero) is 1. The van der Waals surface area contributed by atoms with Crippen LogP contribution in [0.5, 0.6) is 0 Å². The molecule has 2 heteroatoms. The predicted molar refractivity (Wildman–Crippen MR) is 68.2 cm³/mol. The molecule has 0 saturated carbocycles. The maximum Gasteiger partial charge on any atom is 0.162 e. The molecule has 2 rings (SSSR count). The van der Waals surface area contributed by atoms with Gasteiger partial charge < -0.3 is 4.74 Å². The minimum absolute atomic E-state index is 0.000458. The monoisotopic (exact) mass is 232 g/mol. The third-order valence-electron chi connectivity index (χ3n) is 3.34. The van der Waals surface area contributed by atoms with Crippen molar-refractivity contribution in [2.45, 2.75) is 51.2 Å². The molecule has 1 aromatic carbocycles. The summed E-state index contributed by atoms with van der Waals surface area (Å²) >= 11 is 0. The number of carbonyl (C=O) groups excluding carboxylic acids is 1. The first-order chi connectivity index (χ1) is 8.07. The van der Waals surface area contributed by atoms with Crippen molar-refractivity contribution in [3.05, 3.63) is 35.9 Å². The maximum atomic E-state index is 11.9. The van der Waals surface area contributed by atoms with Gasteiger partial charge in [0.25, 0.3) is 0 Å². The van der Waals surface area contributed by atoms with Gasteiger partial charge in [0.15, 0.2) is 5.78 Å². The number of ketones is 1. The van der Waals surface area contributed by atoms with Crippen LogP contribution in [0.2, 0.25) is 0 Å². The van der Waals surface area contributed by atoms with Gasteiger partial charge in [-0.1, -0.05) is 30.3 Å². The Kier molecular flexibility index (Phi) is 3.63. The van der Waals surface area contributed by atoms with Gasteiger partial charge in [-0.2, -0.15) is 0 Å². The highest BCUT2D eigenvalue weighted by molar-refractivity contribution is 5.95. The van der Waals surface area contributed by atoms with Crippen LogP contribution >= 0.6 is 0 Å². The van der Waals surface area contributed by atoms with Crippen LogP contribution in [0.4, 0.5) is 0 Å². The van der Waals surface area contributed by atoms with Crippen LogP contribution in [0.1, 0.15) is 49.9 Å². The summed E-state index contributed by atoms with van der Waals surface area (Å²) in [4.78, 5) is 11.9. The first kappa shape index (κ1) is 12.3. The first-order valence-corrected chi connectivity index (χ1v) is 6.33. The molecule has 0 aromatic heterocycles. The van der Waals surface area contributed by atoms with E-state index in [0.717, 1.165) is 24.8 Å². The molecule has 1 aliphatic rings.